The topological polar surface area (TPSA) is 72.6 Å². The Morgan fingerprint density at radius 1 is 1.45 bits per heavy atom. The van der Waals surface area contributed by atoms with Crippen molar-refractivity contribution in [1.29, 1.82) is 0 Å². The van der Waals surface area contributed by atoms with Crippen molar-refractivity contribution in [3.63, 3.8) is 0 Å². The zero-order chi connectivity index (χ0) is 14.7. The molecule has 1 aromatic heterocycles. The molecule has 2 rings (SSSR count). The van der Waals surface area contributed by atoms with Crippen molar-refractivity contribution in [2.75, 3.05) is 0 Å². The molecule has 5 nitrogen and oxygen atoms in total. The molecule has 0 unspecified atom stereocenters. The van der Waals surface area contributed by atoms with Crippen LogP contribution in [0, 0.1) is 10.1 Å². The predicted molar refractivity (Wildman–Crippen MR) is 77.5 cm³/mol. The van der Waals surface area contributed by atoms with Crippen molar-refractivity contribution in [2.45, 2.75) is 26.4 Å². The number of benzene rings is 1. The van der Waals surface area contributed by atoms with E-state index in [2.05, 4.69) is 0 Å². The summed E-state index contributed by atoms with van der Waals surface area (Å²) in [5.41, 5.74) is 0.977. The fraction of sp³-hybridized carbons (Fsp3) is 0.286. The lowest BCUT2D eigenvalue weighted by Gasteiger charge is -2.04. The van der Waals surface area contributed by atoms with Crippen LogP contribution < -0.4 is 4.74 Å². The van der Waals surface area contributed by atoms with Gasteiger partial charge in [-0.1, -0.05) is 30.4 Å². The first kappa shape index (κ1) is 14.5. The fourth-order valence-corrected chi connectivity index (χ4v) is 2.66. The second-order valence-electron chi connectivity index (χ2n) is 4.36. The number of thiophene rings is 1. The zero-order valence-electron chi connectivity index (χ0n) is 11.2. The lowest BCUT2D eigenvalue weighted by atomic mass is 10.2. The molecule has 106 valence electrons. The van der Waals surface area contributed by atoms with Crippen LogP contribution in [0.2, 0.25) is 0 Å². The quantitative estimate of drug-likeness (QED) is 0.666. The average Bonchev–Trinajstić information content (AvgIpc) is 2.83. The molecular formula is C14H15NO4S. The summed E-state index contributed by atoms with van der Waals surface area (Å²) < 4.78 is 5.61. The molecule has 1 heterocycles. The number of nitrogens with zero attached hydrogens (tertiary/aromatic N) is 1. The highest BCUT2D eigenvalue weighted by molar-refractivity contribution is 7.14. The van der Waals surface area contributed by atoms with Gasteiger partial charge in [-0.15, -0.1) is 0 Å². The van der Waals surface area contributed by atoms with Crippen molar-refractivity contribution in [1.82, 2.24) is 0 Å². The van der Waals surface area contributed by atoms with Gasteiger partial charge in [0, 0.05) is 10.9 Å². The maximum absolute atomic E-state index is 11.0. The number of aryl methyl sites for hydroxylation is 1. The van der Waals surface area contributed by atoms with E-state index in [1.807, 2.05) is 25.1 Å². The fourth-order valence-electron chi connectivity index (χ4n) is 1.72. The molecule has 0 aliphatic rings. The van der Waals surface area contributed by atoms with Gasteiger partial charge in [-0.05, 0) is 31.0 Å². The Hall–Kier alpha value is -1.92. The minimum atomic E-state index is -0.752. The van der Waals surface area contributed by atoms with Gasteiger partial charge in [0.2, 0.25) is 0 Å². The van der Waals surface area contributed by atoms with Crippen LogP contribution >= 0.6 is 11.3 Å². The summed E-state index contributed by atoms with van der Waals surface area (Å²) in [4.78, 5) is 11.0. The number of aliphatic hydroxyl groups is 1. The highest BCUT2D eigenvalue weighted by Crippen LogP contribution is 2.41. The predicted octanol–water partition coefficient (Wildman–Crippen LogP) is 4.06. The summed E-state index contributed by atoms with van der Waals surface area (Å²) in [6.45, 7) is 3.59. The normalized spacial score (nSPS) is 12.2. The highest BCUT2D eigenvalue weighted by Gasteiger charge is 2.23. The molecule has 1 atom stereocenters. The largest absolute Gasteiger partial charge is 0.440 e. The zero-order valence-corrected chi connectivity index (χ0v) is 12.0. The molecule has 1 aromatic carbocycles. The maximum atomic E-state index is 11.0. The Balaban J connectivity index is 2.34. The molecule has 0 spiro atoms. The van der Waals surface area contributed by atoms with Gasteiger partial charge in [-0.25, -0.2) is 0 Å². The third-order valence-electron chi connectivity index (χ3n) is 2.82. The molecule has 20 heavy (non-hydrogen) atoms. The third kappa shape index (κ3) is 3.15. The number of nitro groups is 1. The SMILES string of the molecule is CCc1cccc(Oc2sc([C@@H](C)O)cc2[N+](=O)[O-])c1. The number of aliphatic hydroxyl groups excluding tert-OH is 1. The van der Waals surface area contributed by atoms with Gasteiger partial charge >= 0.3 is 5.69 Å². The Morgan fingerprint density at radius 3 is 2.80 bits per heavy atom. The number of ether oxygens (including phenoxy) is 1. The van der Waals surface area contributed by atoms with Gasteiger partial charge in [-0.3, -0.25) is 10.1 Å². The molecule has 0 saturated carbocycles. The van der Waals surface area contributed by atoms with Gasteiger partial charge in [-0.2, -0.15) is 0 Å². The van der Waals surface area contributed by atoms with Gasteiger partial charge in [0.15, 0.2) is 0 Å². The minimum absolute atomic E-state index is 0.118. The monoisotopic (exact) mass is 293 g/mol. The summed E-state index contributed by atoms with van der Waals surface area (Å²) in [7, 11) is 0. The summed E-state index contributed by atoms with van der Waals surface area (Å²) in [5.74, 6) is 0.562. The van der Waals surface area contributed by atoms with Gasteiger partial charge in [0.25, 0.3) is 5.06 Å². The Bertz CT molecular complexity index is 621. The van der Waals surface area contributed by atoms with E-state index in [1.165, 1.54) is 6.07 Å². The first-order valence-corrected chi connectivity index (χ1v) is 7.06. The molecule has 0 amide bonds. The van der Waals surface area contributed by atoms with Gasteiger partial charge in [0.05, 0.1) is 11.0 Å². The van der Waals surface area contributed by atoms with Crippen LogP contribution in [0.3, 0.4) is 0 Å². The number of rotatable bonds is 5. The van der Waals surface area contributed by atoms with Gasteiger partial charge in [0.1, 0.15) is 5.75 Å². The smallest absolute Gasteiger partial charge is 0.323 e. The Morgan fingerprint density at radius 2 is 2.20 bits per heavy atom. The molecule has 6 heteroatoms. The first-order chi connectivity index (χ1) is 9.51. The van der Waals surface area contributed by atoms with Crippen LogP contribution in [0.5, 0.6) is 10.8 Å². The minimum Gasteiger partial charge on any atom is -0.440 e. The van der Waals surface area contributed by atoms with Crippen LogP contribution in [-0.4, -0.2) is 10.0 Å². The van der Waals surface area contributed by atoms with E-state index >= 15 is 0 Å². The molecule has 0 radical (unpaired) electrons. The second-order valence-corrected chi connectivity index (χ2v) is 5.40. The van der Waals surface area contributed by atoms with Crippen molar-refractivity contribution >= 4 is 17.0 Å². The van der Waals surface area contributed by atoms with E-state index in [1.54, 1.807) is 13.0 Å². The lowest BCUT2D eigenvalue weighted by molar-refractivity contribution is -0.385. The van der Waals surface area contributed by atoms with E-state index in [-0.39, 0.29) is 10.8 Å². The molecule has 0 saturated heterocycles. The van der Waals surface area contributed by atoms with E-state index in [0.29, 0.717) is 10.6 Å². The molecular weight excluding hydrogens is 278 g/mol. The van der Waals surface area contributed by atoms with Crippen molar-refractivity contribution in [2.24, 2.45) is 0 Å². The summed E-state index contributed by atoms with van der Waals surface area (Å²) >= 11 is 1.09. The summed E-state index contributed by atoms with van der Waals surface area (Å²) in [5, 5.41) is 20.7. The van der Waals surface area contributed by atoms with Crippen LogP contribution in [0.15, 0.2) is 30.3 Å². The van der Waals surface area contributed by atoms with Gasteiger partial charge < -0.3 is 9.84 Å². The lowest BCUT2D eigenvalue weighted by Crippen LogP contribution is -1.90. The van der Waals surface area contributed by atoms with E-state index in [4.69, 9.17) is 4.74 Å². The van der Waals surface area contributed by atoms with E-state index in [9.17, 15) is 15.2 Å². The Labute approximate surface area is 120 Å². The molecule has 0 aliphatic heterocycles. The Kier molecular flexibility index (Phi) is 4.36. The van der Waals surface area contributed by atoms with Crippen molar-refractivity contribution in [3.05, 3.63) is 50.9 Å². The summed E-state index contributed by atoms with van der Waals surface area (Å²) in [6, 6.07) is 8.78. The molecule has 0 fully saturated rings. The maximum Gasteiger partial charge on any atom is 0.323 e. The van der Waals surface area contributed by atoms with Crippen LogP contribution in [0.25, 0.3) is 0 Å². The third-order valence-corrected chi connectivity index (χ3v) is 4.00. The van der Waals surface area contributed by atoms with Crippen LogP contribution in [0.4, 0.5) is 5.69 Å². The average molecular weight is 293 g/mol. The van der Waals surface area contributed by atoms with Crippen LogP contribution in [-0.2, 0) is 6.42 Å². The molecule has 0 aliphatic carbocycles. The van der Waals surface area contributed by atoms with Crippen LogP contribution in [0.1, 0.15) is 30.4 Å². The van der Waals surface area contributed by atoms with Crippen molar-refractivity contribution in [3.8, 4) is 10.8 Å². The first-order valence-electron chi connectivity index (χ1n) is 6.24. The summed E-state index contributed by atoms with van der Waals surface area (Å²) in [6.07, 6.45) is 0.112. The molecule has 2 aromatic rings. The highest BCUT2D eigenvalue weighted by atomic mass is 32.1. The number of hydrogen-bond donors (Lipinski definition) is 1. The standard InChI is InChI=1S/C14H15NO4S/c1-3-10-5-4-6-11(7-10)19-14-12(15(17)18)8-13(20-14)9(2)16/h4-9,16H,3H2,1-2H3/t9-/m1/s1. The van der Waals surface area contributed by atoms with E-state index in [0.717, 1.165) is 23.3 Å². The van der Waals surface area contributed by atoms with E-state index < -0.39 is 11.0 Å². The number of hydrogen-bond acceptors (Lipinski definition) is 5. The molecule has 1 N–H and O–H groups in total. The second kappa shape index (κ2) is 6.02. The van der Waals surface area contributed by atoms with Crippen molar-refractivity contribution < 1.29 is 14.8 Å². The molecule has 0 bridgehead atoms.